The predicted molar refractivity (Wildman–Crippen MR) is 59.8 cm³/mol. The summed E-state index contributed by atoms with van der Waals surface area (Å²) < 4.78 is 49.2. The number of nitrogens with zero attached hydrogens (tertiary/aromatic N) is 2. The van der Waals surface area contributed by atoms with Crippen molar-refractivity contribution in [2.45, 2.75) is 12.8 Å². The van der Waals surface area contributed by atoms with Gasteiger partial charge in [-0.2, -0.15) is 0 Å². The first-order valence-corrected chi connectivity index (χ1v) is 5.22. The largest absolute Gasteiger partial charge is 0.574 e. The fourth-order valence-electron chi connectivity index (χ4n) is 1.36. The summed E-state index contributed by atoms with van der Waals surface area (Å²) in [5, 5.41) is 10.9. The van der Waals surface area contributed by atoms with E-state index in [-0.39, 0.29) is 5.69 Å². The Hall–Kier alpha value is -2.59. The molecule has 0 aromatic carbocycles. The topological polar surface area (TPSA) is 101 Å². The second-order valence-corrected chi connectivity index (χ2v) is 3.53. The molecule has 21 heavy (non-hydrogen) atoms. The highest BCUT2D eigenvalue weighted by atomic mass is 19.4. The van der Waals surface area contributed by atoms with Crippen molar-refractivity contribution in [3.05, 3.63) is 21.9 Å². The van der Waals surface area contributed by atoms with Gasteiger partial charge in [0.15, 0.2) is 0 Å². The Labute approximate surface area is 115 Å². The minimum absolute atomic E-state index is 0.325. The zero-order valence-corrected chi connectivity index (χ0v) is 10.8. The van der Waals surface area contributed by atoms with Crippen LogP contribution >= 0.6 is 0 Å². The molecule has 0 amide bonds. The lowest BCUT2D eigenvalue weighted by molar-refractivity contribution is -0.386. The van der Waals surface area contributed by atoms with Crippen LogP contribution in [-0.4, -0.2) is 36.5 Å². The maximum Gasteiger partial charge on any atom is 0.574 e. The average molecular weight is 310 g/mol. The van der Waals surface area contributed by atoms with Crippen molar-refractivity contribution in [1.82, 2.24) is 4.98 Å². The van der Waals surface area contributed by atoms with E-state index in [0.29, 0.717) is 0 Å². The van der Waals surface area contributed by atoms with Gasteiger partial charge in [-0.3, -0.25) is 14.9 Å². The van der Waals surface area contributed by atoms with E-state index in [1.54, 1.807) is 0 Å². The summed E-state index contributed by atoms with van der Waals surface area (Å²) in [6.45, 7) is 0. The summed E-state index contributed by atoms with van der Waals surface area (Å²) >= 11 is 0. The number of esters is 1. The highest BCUT2D eigenvalue weighted by Crippen LogP contribution is 2.38. The Morgan fingerprint density at radius 3 is 2.48 bits per heavy atom. The smallest absolute Gasteiger partial charge is 0.486 e. The molecule has 1 aromatic heterocycles. The summed E-state index contributed by atoms with van der Waals surface area (Å²) in [6.07, 6.45) is -5.69. The third kappa shape index (κ3) is 4.47. The highest BCUT2D eigenvalue weighted by Gasteiger charge is 2.36. The number of halogens is 3. The van der Waals surface area contributed by atoms with Gasteiger partial charge in [-0.05, 0) is 0 Å². The van der Waals surface area contributed by atoms with Crippen molar-refractivity contribution in [2.75, 3.05) is 14.2 Å². The van der Waals surface area contributed by atoms with Crippen molar-refractivity contribution in [3.8, 4) is 11.6 Å². The highest BCUT2D eigenvalue weighted by molar-refractivity contribution is 5.72. The summed E-state index contributed by atoms with van der Waals surface area (Å²) in [7, 11) is 1.97. The molecule has 0 fully saturated rings. The third-order valence-corrected chi connectivity index (χ3v) is 2.14. The third-order valence-electron chi connectivity index (χ3n) is 2.14. The van der Waals surface area contributed by atoms with Gasteiger partial charge in [0.2, 0.25) is 0 Å². The molecule has 0 aliphatic carbocycles. The molecule has 0 aliphatic rings. The monoisotopic (exact) mass is 310 g/mol. The van der Waals surface area contributed by atoms with Gasteiger partial charge in [-0.25, -0.2) is 4.98 Å². The number of methoxy groups -OCH3 is 2. The normalized spacial score (nSPS) is 10.9. The number of rotatable bonds is 5. The zero-order chi connectivity index (χ0) is 16.2. The minimum Gasteiger partial charge on any atom is -0.486 e. The van der Waals surface area contributed by atoms with E-state index in [2.05, 4.69) is 19.2 Å². The van der Waals surface area contributed by atoms with Gasteiger partial charge in [0, 0.05) is 6.07 Å². The second kappa shape index (κ2) is 6.24. The standard InChI is InChI=1S/C10H9F3N2O6/c1-19-7(16)4-5-3-6(15(17)18)8(20-2)9(14-5)21-10(11,12)13/h3H,4H2,1-2H3. The van der Waals surface area contributed by atoms with Crippen LogP contribution in [0.2, 0.25) is 0 Å². The molecular formula is C10H9F3N2O6. The number of hydrogen-bond donors (Lipinski definition) is 0. The second-order valence-electron chi connectivity index (χ2n) is 3.53. The van der Waals surface area contributed by atoms with E-state index in [4.69, 9.17) is 0 Å². The van der Waals surface area contributed by atoms with Crippen LogP contribution in [0.4, 0.5) is 18.9 Å². The summed E-state index contributed by atoms with van der Waals surface area (Å²) in [5.74, 6) is -2.79. The first-order chi connectivity index (χ1) is 9.67. The van der Waals surface area contributed by atoms with Crippen molar-refractivity contribution in [2.24, 2.45) is 0 Å². The predicted octanol–water partition coefficient (Wildman–Crippen LogP) is 1.61. The maximum absolute atomic E-state index is 12.3. The molecule has 0 saturated heterocycles. The number of aromatic nitrogens is 1. The maximum atomic E-state index is 12.3. The van der Waals surface area contributed by atoms with Gasteiger partial charge in [-0.15, -0.1) is 13.2 Å². The molecule has 0 unspecified atom stereocenters. The summed E-state index contributed by atoms with van der Waals surface area (Å²) in [4.78, 5) is 24.3. The molecule has 0 spiro atoms. The van der Waals surface area contributed by atoms with Gasteiger partial charge in [0.1, 0.15) is 0 Å². The molecule has 1 aromatic rings. The zero-order valence-electron chi connectivity index (χ0n) is 10.8. The fraction of sp³-hybridized carbons (Fsp3) is 0.400. The van der Waals surface area contributed by atoms with E-state index >= 15 is 0 Å². The molecule has 0 bridgehead atoms. The first kappa shape index (κ1) is 16.5. The van der Waals surface area contributed by atoms with E-state index < -0.39 is 41.0 Å². The quantitative estimate of drug-likeness (QED) is 0.462. The van der Waals surface area contributed by atoms with E-state index in [1.807, 2.05) is 0 Å². The number of pyridine rings is 1. The molecule has 8 nitrogen and oxygen atoms in total. The molecular weight excluding hydrogens is 301 g/mol. The number of carbonyl (C=O) groups is 1. The van der Waals surface area contributed by atoms with Crippen LogP contribution in [0.25, 0.3) is 0 Å². The first-order valence-electron chi connectivity index (χ1n) is 5.22. The Morgan fingerprint density at radius 1 is 1.43 bits per heavy atom. The van der Waals surface area contributed by atoms with E-state index in [0.717, 1.165) is 20.3 Å². The number of ether oxygens (including phenoxy) is 3. The van der Waals surface area contributed by atoms with Crippen LogP contribution in [0, 0.1) is 10.1 Å². The Balaban J connectivity index is 3.36. The van der Waals surface area contributed by atoms with Crippen molar-refractivity contribution in [1.29, 1.82) is 0 Å². The van der Waals surface area contributed by atoms with Gasteiger partial charge in [-0.1, -0.05) is 0 Å². The molecule has 0 atom stereocenters. The minimum atomic E-state index is -5.13. The van der Waals surface area contributed by atoms with E-state index in [9.17, 15) is 28.1 Å². The molecule has 0 radical (unpaired) electrons. The lowest BCUT2D eigenvalue weighted by atomic mass is 10.2. The van der Waals surface area contributed by atoms with Crippen molar-refractivity contribution >= 4 is 11.7 Å². The van der Waals surface area contributed by atoms with Gasteiger partial charge < -0.3 is 14.2 Å². The number of carbonyl (C=O) groups excluding carboxylic acids is 1. The lowest BCUT2D eigenvalue weighted by Gasteiger charge is -2.12. The molecule has 0 N–H and O–H groups in total. The molecule has 11 heteroatoms. The number of hydrogen-bond acceptors (Lipinski definition) is 7. The van der Waals surface area contributed by atoms with Gasteiger partial charge in [0.05, 0.1) is 31.3 Å². The van der Waals surface area contributed by atoms with Crippen molar-refractivity contribution < 1.29 is 37.1 Å². The Kier molecular flexibility index (Phi) is 4.89. The fourth-order valence-corrected chi connectivity index (χ4v) is 1.36. The Morgan fingerprint density at radius 2 is 2.05 bits per heavy atom. The molecule has 0 aliphatic heterocycles. The SMILES string of the molecule is COC(=O)Cc1cc([N+](=O)[O-])c(OC)c(OC(F)(F)F)n1. The van der Waals surface area contributed by atoms with Crippen LogP contribution in [0.15, 0.2) is 6.07 Å². The van der Waals surface area contributed by atoms with Crippen LogP contribution in [-0.2, 0) is 16.0 Å². The van der Waals surface area contributed by atoms with Crippen LogP contribution in [0.3, 0.4) is 0 Å². The van der Waals surface area contributed by atoms with E-state index in [1.165, 1.54) is 0 Å². The lowest BCUT2D eigenvalue weighted by Crippen LogP contribution is -2.19. The van der Waals surface area contributed by atoms with Crippen LogP contribution < -0.4 is 9.47 Å². The number of alkyl halides is 3. The molecule has 1 heterocycles. The number of nitro groups is 1. The molecule has 116 valence electrons. The van der Waals surface area contributed by atoms with Crippen molar-refractivity contribution in [3.63, 3.8) is 0 Å². The van der Waals surface area contributed by atoms with Crippen LogP contribution in [0.1, 0.15) is 5.69 Å². The van der Waals surface area contributed by atoms with Gasteiger partial charge >= 0.3 is 18.0 Å². The average Bonchev–Trinajstić information content (AvgIpc) is 2.36. The summed E-state index contributed by atoms with van der Waals surface area (Å²) in [5.41, 5.74) is -1.14. The molecule has 1 rings (SSSR count). The Bertz CT molecular complexity index is 560. The van der Waals surface area contributed by atoms with Crippen LogP contribution in [0.5, 0.6) is 11.6 Å². The molecule has 0 saturated carbocycles. The summed E-state index contributed by atoms with van der Waals surface area (Å²) in [6, 6.07) is 0.805. The van der Waals surface area contributed by atoms with Gasteiger partial charge in [0.25, 0.3) is 11.6 Å².